The number of oxazole rings is 1. The number of hydrogen-bond donors (Lipinski definition) is 1. The van der Waals surface area contributed by atoms with E-state index >= 15 is 0 Å². The maximum atomic E-state index is 12.3. The summed E-state index contributed by atoms with van der Waals surface area (Å²) < 4.78 is 29.9. The predicted molar refractivity (Wildman–Crippen MR) is 40.6 cm³/mol. The minimum atomic E-state index is -2.79. The van der Waals surface area contributed by atoms with E-state index in [2.05, 4.69) is 10.1 Å². The van der Waals surface area contributed by atoms with Crippen LogP contribution in [0.25, 0.3) is 11.5 Å². The molecule has 0 aliphatic heterocycles. The Hall–Kier alpha value is -1.92. The van der Waals surface area contributed by atoms with Crippen molar-refractivity contribution in [1.29, 1.82) is 0 Å². The molecule has 0 atom stereocenters. The Balaban J connectivity index is 2.52. The molecule has 0 aromatic carbocycles. The minimum absolute atomic E-state index is 0.0185. The van der Waals surface area contributed by atoms with Crippen molar-refractivity contribution in [3.8, 4) is 17.3 Å². The first-order valence-electron chi connectivity index (χ1n) is 3.64. The number of rotatable bonds is 2. The van der Waals surface area contributed by atoms with Crippen LogP contribution in [0.15, 0.2) is 23.1 Å². The molecule has 5 nitrogen and oxygen atoms in total. The van der Waals surface area contributed by atoms with Crippen LogP contribution in [0.1, 0.15) is 6.55 Å². The predicted octanol–water partition coefficient (Wildman–Crippen LogP) is 1.64. The Morgan fingerprint density at radius 2 is 2.29 bits per heavy atom. The molecule has 2 heterocycles. The number of aromatic nitrogens is 3. The van der Waals surface area contributed by atoms with Gasteiger partial charge in [-0.2, -0.15) is 18.9 Å². The largest absolute Gasteiger partial charge is 0.491 e. The van der Waals surface area contributed by atoms with Crippen LogP contribution in [0.5, 0.6) is 5.88 Å². The minimum Gasteiger partial charge on any atom is -0.491 e. The Kier molecular flexibility index (Phi) is 1.91. The van der Waals surface area contributed by atoms with Crippen LogP contribution in [-0.4, -0.2) is 19.9 Å². The highest BCUT2D eigenvalue weighted by atomic mass is 19.3. The highest BCUT2D eigenvalue weighted by Crippen LogP contribution is 2.29. The second-order valence-electron chi connectivity index (χ2n) is 2.44. The zero-order chi connectivity index (χ0) is 10.1. The molecule has 1 N–H and O–H groups in total. The Morgan fingerprint density at radius 3 is 2.86 bits per heavy atom. The summed E-state index contributed by atoms with van der Waals surface area (Å²) in [5, 5.41) is 12.5. The summed E-state index contributed by atoms with van der Waals surface area (Å²) in [6.45, 7) is -2.79. The molecule has 0 fully saturated rings. The highest BCUT2D eigenvalue weighted by molar-refractivity contribution is 5.57. The van der Waals surface area contributed by atoms with Gasteiger partial charge in [0.2, 0.25) is 5.76 Å². The fourth-order valence-corrected chi connectivity index (χ4v) is 1.06. The van der Waals surface area contributed by atoms with Crippen LogP contribution in [0.3, 0.4) is 0 Å². The lowest BCUT2D eigenvalue weighted by Crippen LogP contribution is -2.01. The number of hydrogen-bond acceptors (Lipinski definition) is 4. The van der Waals surface area contributed by atoms with E-state index < -0.39 is 12.4 Å². The molecule has 0 unspecified atom stereocenters. The molecule has 0 saturated heterocycles. The van der Waals surface area contributed by atoms with Crippen LogP contribution in [0, 0.1) is 0 Å². The molecule has 7 heteroatoms. The molecule has 0 aliphatic rings. The summed E-state index contributed by atoms with van der Waals surface area (Å²) in [5.41, 5.74) is -0.0185. The van der Waals surface area contributed by atoms with Crippen molar-refractivity contribution < 1.29 is 18.3 Å². The van der Waals surface area contributed by atoms with E-state index in [1.165, 1.54) is 12.3 Å². The average Bonchev–Trinajstić information content (AvgIpc) is 2.70. The van der Waals surface area contributed by atoms with Gasteiger partial charge in [-0.25, -0.2) is 4.68 Å². The first-order valence-corrected chi connectivity index (χ1v) is 3.64. The first-order chi connectivity index (χ1) is 6.70. The van der Waals surface area contributed by atoms with Crippen molar-refractivity contribution in [3.05, 3.63) is 18.7 Å². The smallest absolute Gasteiger partial charge is 0.333 e. The molecule has 0 aliphatic carbocycles. The molecule has 14 heavy (non-hydrogen) atoms. The van der Waals surface area contributed by atoms with Gasteiger partial charge in [-0.1, -0.05) is 0 Å². The number of nitrogens with zero attached hydrogens (tertiary/aromatic N) is 3. The number of halogens is 2. The Bertz CT molecular complexity index is 438. The third-order valence-electron chi connectivity index (χ3n) is 1.64. The van der Waals surface area contributed by atoms with Gasteiger partial charge >= 0.3 is 6.55 Å². The SMILES string of the molecule is Oc1ncoc1-c1ccnn1C(F)F. The van der Waals surface area contributed by atoms with Crippen molar-refractivity contribution in [1.82, 2.24) is 14.8 Å². The van der Waals surface area contributed by atoms with Crippen molar-refractivity contribution >= 4 is 0 Å². The normalized spacial score (nSPS) is 11.1. The van der Waals surface area contributed by atoms with Gasteiger partial charge in [0.05, 0.1) is 0 Å². The second-order valence-corrected chi connectivity index (χ2v) is 2.44. The zero-order valence-corrected chi connectivity index (χ0v) is 6.76. The molecular formula is C7H5F2N3O2. The van der Waals surface area contributed by atoms with E-state index in [9.17, 15) is 8.78 Å². The van der Waals surface area contributed by atoms with E-state index in [0.29, 0.717) is 4.68 Å². The quantitative estimate of drug-likeness (QED) is 0.802. The van der Waals surface area contributed by atoms with Gasteiger partial charge in [0.25, 0.3) is 5.88 Å². The third kappa shape index (κ3) is 1.22. The summed E-state index contributed by atoms with van der Waals surface area (Å²) in [6.07, 6.45) is 2.15. The molecule has 0 radical (unpaired) electrons. The topological polar surface area (TPSA) is 64.1 Å². The van der Waals surface area contributed by atoms with E-state index in [-0.39, 0.29) is 11.5 Å². The molecule has 2 aromatic rings. The lowest BCUT2D eigenvalue weighted by Gasteiger charge is -2.02. The Labute approximate surface area is 76.6 Å². The van der Waals surface area contributed by atoms with Gasteiger partial charge < -0.3 is 9.52 Å². The van der Waals surface area contributed by atoms with Crippen LogP contribution in [0.4, 0.5) is 8.78 Å². The molecular weight excluding hydrogens is 196 g/mol. The van der Waals surface area contributed by atoms with Gasteiger partial charge in [-0.3, -0.25) is 0 Å². The van der Waals surface area contributed by atoms with E-state index in [4.69, 9.17) is 9.52 Å². The molecule has 2 rings (SSSR count). The van der Waals surface area contributed by atoms with Gasteiger partial charge in [0, 0.05) is 6.20 Å². The van der Waals surface area contributed by atoms with Crippen LogP contribution < -0.4 is 0 Å². The molecule has 0 bridgehead atoms. The molecule has 0 spiro atoms. The van der Waals surface area contributed by atoms with E-state index in [0.717, 1.165) is 6.39 Å². The third-order valence-corrected chi connectivity index (χ3v) is 1.64. The first kappa shape index (κ1) is 8.67. The maximum absolute atomic E-state index is 12.3. The Morgan fingerprint density at radius 1 is 1.50 bits per heavy atom. The summed E-state index contributed by atoms with van der Waals surface area (Å²) in [7, 11) is 0. The summed E-state index contributed by atoms with van der Waals surface area (Å²) in [4.78, 5) is 3.38. The average molecular weight is 201 g/mol. The fraction of sp³-hybridized carbons (Fsp3) is 0.143. The molecule has 0 amide bonds. The van der Waals surface area contributed by atoms with Gasteiger partial charge in [-0.05, 0) is 6.07 Å². The van der Waals surface area contributed by atoms with Gasteiger partial charge in [0.1, 0.15) is 5.69 Å². The number of aromatic hydroxyl groups is 1. The number of alkyl halides is 2. The van der Waals surface area contributed by atoms with Crippen molar-refractivity contribution in [2.45, 2.75) is 6.55 Å². The lowest BCUT2D eigenvalue weighted by molar-refractivity contribution is 0.0580. The summed E-state index contributed by atoms with van der Waals surface area (Å²) >= 11 is 0. The van der Waals surface area contributed by atoms with Crippen LogP contribution in [0.2, 0.25) is 0 Å². The van der Waals surface area contributed by atoms with Crippen LogP contribution >= 0.6 is 0 Å². The standard InChI is InChI=1S/C7H5F2N3O2/c8-7(9)12-4(1-2-11-12)5-6(13)10-3-14-5/h1-3,7,13H. The van der Waals surface area contributed by atoms with Crippen LogP contribution in [-0.2, 0) is 0 Å². The highest BCUT2D eigenvalue weighted by Gasteiger charge is 2.18. The molecule has 0 saturated carbocycles. The molecule has 2 aromatic heterocycles. The van der Waals surface area contributed by atoms with Crippen molar-refractivity contribution in [2.75, 3.05) is 0 Å². The molecule has 74 valence electrons. The van der Waals surface area contributed by atoms with Crippen molar-refractivity contribution in [3.63, 3.8) is 0 Å². The summed E-state index contributed by atoms with van der Waals surface area (Å²) in [5.74, 6) is -0.560. The maximum Gasteiger partial charge on any atom is 0.333 e. The van der Waals surface area contributed by atoms with Gasteiger partial charge in [-0.15, -0.1) is 0 Å². The van der Waals surface area contributed by atoms with Gasteiger partial charge in [0.15, 0.2) is 6.39 Å². The monoisotopic (exact) mass is 201 g/mol. The second kappa shape index (κ2) is 3.09. The zero-order valence-electron chi connectivity index (χ0n) is 6.76. The van der Waals surface area contributed by atoms with E-state index in [1.54, 1.807) is 0 Å². The summed E-state index contributed by atoms with van der Waals surface area (Å²) in [6, 6.07) is 1.30. The lowest BCUT2D eigenvalue weighted by atomic mass is 10.3. The van der Waals surface area contributed by atoms with E-state index in [1.807, 2.05) is 0 Å². The fourth-order valence-electron chi connectivity index (χ4n) is 1.06. The van der Waals surface area contributed by atoms with Crippen molar-refractivity contribution in [2.24, 2.45) is 0 Å².